The summed E-state index contributed by atoms with van der Waals surface area (Å²) >= 11 is 0. The van der Waals surface area contributed by atoms with Crippen LogP contribution < -0.4 is 20.1 Å². The van der Waals surface area contributed by atoms with Crippen molar-refractivity contribution in [2.24, 2.45) is 0 Å². The number of rotatable bonds is 9. The van der Waals surface area contributed by atoms with Crippen molar-refractivity contribution in [2.45, 2.75) is 20.3 Å². The fraction of sp³-hybridized carbons (Fsp3) is 0.286. The van der Waals surface area contributed by atoms with Crippen LogP contribution >= 0.6 is 0 Å². The van der Waals surface area contributed by atoms with Gasteiger partial charge in [0.2, 0.25) is 0 Å². The smallest absolute Gasteiger partial charge is 0.318 e. The standard InChI is InChI=1S/C21H26N2O3/c1-3-25-19-11-10-18(16-20(19)26-4-2)13-15-23-21(24)22-14-12-17-8-6-5-7-9-17/h5-12,14,16H,3-4,13,15H2,1-2H3,(H2,22,23,24)/b14-12+. The Morgan fingerprint density at radius 2 is 1.73 bits per heavy atom. The Labute approximate surface area is 155 Å². The van der Waals surface area contributed by atoms with Crippen molar-refractivity contribution in [2.75, 3.05) is 19.8 Å². The summed E-state index contributed by atoms with van der Waals surface area (Å²) in [5, 5.41) is 5.53. The van der Waals surface area contributed by atoms with Gasteiger partial charge in [0.1, 0.15) is 0 Å². The molecule has 2 rings (SSSR count). The highest BCUT2D eigenvalue weighted by Gasteiger charge is 2.06. The van der Waals surface area contributed by atoms with Crippen LogP contribution in [-0.4, -0.2) is 25.8 Å². The van der Waals surface area contributed by atoms with Gasteiger partial charge in [0.05, 0.1) is 13.2 Å². The number of hydrogen-bond donors (Lipinski definition) is 2. The minimum Gasteiger partial charge on any atom is -0.490 e. The minimum absolute atomic E-state index is 0.229. The van der Waals surface area contributed by atoms with E-state index in [1.807, 2.05) is 68.5 Å². The van der Waals surface area contributed by atoms with E-state index in [-0.39, 0.29) is 6.03 Å². The highest BCUT2D eigenvalue weighted by atomic mass is 16.5. The number of nitrogens with one attached hydrogen (secondary N) is 2. The van der Waals surface area contributed by atoms with Gasteiger partial charge in [-0.1, -0.05) is 36.4 Å². The Kier molecular flexibility index (Phi) is 8.06. The van der Waals surface area contributed by atoms with Gasteiger partial charge < -0.3 is 20.1 Å². The van der Waals surface area contributed by atoms with E-state index >= 15 is 0 Å². The topological polar surface area (TPSA) is 59.6 Å². The number of benzene rings is 2. The molecule has 138 valence electrons. The van der Waals surface area contributed by atoms with Crippen molar-refractivity contribution in [1.82, 2.24) is 10.6 Å². The van der Waals surface area contributed by atoms with Crippen LogP contribution in [0.25, 0.3) is 6.08 Å². The molecular weight excluding hydrogens is 328 g/mol. The molecule has 0 aliphatic rings. The fourth-order valence-electron chi connectivity index (χ4n) is 2.40. The van der Waals surface area contributed by atoms with Gasteiger partial charge in [-0.15, -0.1) is 0 Å². The molecule has 0 aromatic heterocycles. The second-order valence-electron chi connectivity index (χ2n) is 5.54. The van der Waals surface area contributed by atoms with E-state index in [4.69, 9.17) is 9.47 Å². The molecule has 0 aliphatic heterocycles. The third-order valence-electron chi connectivity index (χ3n) is 3.60. The lowest BCUT2D eigenvalue weighted by Crippen LogP contribution is -2.33. The van der Waals surface area contributed by atoms with Crippen molar-refractivity contribution < 1.29 is 14.3 Å². The van der Waals surface area contributed by atoms with Crippen LogP contribution in [0, 0.1) is 0 Å². The van der Waals surface area contributed by atoms with Gasteiger partial charge in [0.25, 0.3) is 0 Å². The molecule has 26 heavy (non-hydrogen) atoms. The quantitative estimate of drug-likeness (QED) is 0.716. The van der Waals surface area contributed by atoms with Crippen LogP contribution in [0.3, 0.4) is 0 Å². The minimum atomic E-state index is -0.229. The zero-order valence-electron chi connectivity index (χ0n) is 15.3. The van der Waals surface area contributed by atoms with Crippen molar-refractivity contribution in [3.8, 4) is 11.5 Å². The summed E-state index contributed by atoms with van der Waals surface area (Å²) in [6.07, 6.45) is 4.19. The Morgan fingerprint density at radius 3 is 2.46 bits per heavy atom. The zero-order valence-corrected chi connectivity index (χ0v) is 15.3. The lowest BCUT2D eigenvalue weighted by Gasteiger charge is -2.12. The number of urea groups is 1. The van der Waals surface area contributed by atoms with E-state index in [1.54, 1.807) is 6.20 Å². The first-order valence-corrected chi connectivity index (χ1v) is 8.87. The number of hydrogen-bond acceptors (Lipinski definition) is 3. The highest BCUT2D eigenvalue weighted by molar-refractivity contribution is 5.75. The monoisotopic (exact) mass is 354 g/mol. The predicted octanol–water partition coefficient (Wildman–Crippen LogP) is 4.00. The van der Waals surface area contributed by atoms with Crippen molar-refractivity contribution in [3.05, 3.63) is 65.9 Å². The maximum absolute atomic E-state index is 11.8. The Balaban J connectivity index is 1.78. The molecule has 5 heteroatoms. The van der Waals surface area contributed by atoms with Crippen LogP contribution in [0.4, 0.5) is 4.79 Å². The van der Waals surface area contributed by atoms with Crippen LogP contribution in [0.1, 0.15) is 25.0 Å². The molecule has 0 unspecified atom stereocenters. The van der Waals surface area contributed by atoms with Gasteiger partial charge in [-0.3, -0.25) is 0 Å². The number of carbonyl (C=O) groups excluding carboxylic acids is 1. The van der Waals surface area contributed by atoms with Gasteiger partial charge >= 0.3 is 6.03 Å². The molecule has 0 radical (unpaired) electrons. The first-order valence-electron chi connectivity index (χ1n) is 8.87. The molecule has 0 fully saturated rings. The highest BCUT2D eigenvalue weighted by Crippen LogP contribution is 2.28. The Bertz CT molecular complexity index is 714. The fourth-order valence-corrected chi connectivity index (χ4v) is 2.40. The van der Waals surface area contributed by atoms with Crippen molar-refractivity contribution >= 4 is 12.1 Å². The normalized spacial score (nSPS) is 10.5. The van der Waals surface area contributed by atoms with Crippen LogP contribution in [0.2, 0.25) is 0 Å². The molecule has 2 N–H and O–H groups in total. The van der Waals surface area contributed by atoms with Gasteiger partial charge in [-0.05, 0) is 49.6 Å². The molecule has 2 amide bonds. The number of amides is 2. The first-order chi connectivity index (χ1) is 12.7. The van der Waals surface area contributed by atoms with Crippen molar-refractivity contribution in [3.63, 3.8) is 0 Å². The maximum Gasteiger partial charge on any atom is 0.318 e. The van der Waals surface area contributed by atoms with E-state index in [9.17, 15) is 4.79 Å². The lowest BCUT2D eigenvalue weighted by atomic mass is 10.1. The summed E-state index contributed by atoms with van der Waals surface area (Å²) in [4.78, 5) is 11.8. The summed E-state index contributed by atoms with van der Waals surface area (Å²) in [5.41, 5.74) is 2.11. The first kappa shape index (κ1) is 19.4. The summed E-state index contributed by atoms with van der Waals surface area (Å²) in [6, 6.07) is 15.4. The van der Waals surface area contributed by atoms with Crippen LogP contribution in [0.5, 0.6) is 11.5 Å². The van der Waals surface area contributed by atoms with E-state index in [2.05, 4.69) is 10.6 Å². The molecule has 2 aromatic carbocycles. The third kappa shape index (κ3) is 6.51. The SMILES string of the molecule is CCOc1ccc(CCNC(=O)N/C=C/c2ccccc2)cc1OCC. The predicted molar refractivity (Wildman–Crippen MR) is 104 cm³/mol. The maximum atomic E-state index is 11.8. The van der Waals surface area contributed by atoms with E-state index in [0.717, 1.165) is 22.6 Å². The molecule has 0 heterocycles. The van der Waals surface area contributed by atoms with Crippen LogP contribution in [-0.2, 0) is 6.42 Å². The molecule has 0 saturated heterocycles. The van der Waals surface area contributed by atoms with Gasteiger partial charge in [-0.2, -0.15) is 0 Å². The summed E-state index contributed by atoms with van der Waals surface area (Å²) in [6.45, 7) is 5.59. The third-order valence-corrected chi connectivity index (χ3v) is 3.60. The summed E-state index contributed by atoms with van der Waals surface area (Å²) in [7, 11) is 0. The molecule has 0 saturated carbocycles. The zero-order chi connectivity index (χ0) is 18.6. The second kappa shape index (κ2) is 10.8. The Morgan fingerprint density at radius 1 is 1.00 bits per heavy atom. The van der Waals surface area contributed by atoms with E-state index in [0.29, 0.717) is 26.2 Å². The average molecular weight is 354 g/mol. The lowest BCUT2D eigenvalue weighted by molar-refractivity contribution is 0.244. The van der Waals surface area contributed by atoms with Gasteiger partial charge in [-0.25, -0.2) is 4.79 Å². The van der Waals surface area contributed by atoms with Gasteiger partial charge in [0, 0.05) is 12.7 Å². The molecule has 2 aromatic rings. The van der Waals surface area contributed by atoms with Crippen molar-refractivity contribution in [1.29, 1.82) is 0 Å². The van der Waals surface area contributed by atoms with E-state index < -0.39 is 0 Å². The average Bonchev–Trinajstić information content (AvgIpc) is 2.65. The van der Waals surface area contributed by atoms with Crippen LogP contribution in [0.15, 0.2) is 54.7 Å². The largest absolute Gasteiger partial charge is 0.490 e. The molecule has 0 aliphatic carbocycles. The number of ether oxygens (including phenoxy) is 2. The molecule has 0 bridgehead atoms. The molecule has 5 nitrogen and oxygen atoms in total. The number of carbonyl (C=O) groups is 1. The molecule has 0 spiro atoms. The summed E-state index contributed by atoms with van der Waals surface area (Å²) < 4.78 is 11.2. The Hall–Kier alpha value is -2.95. The molecular formula is C21H26N2O3. The van der Waals surface area contributed by atoms with Gasteiger partial charge in [0.15, 0.2) is 11.5 Å². The van der Waals surface area contributed by atoms with E-state index in [1.165, 1.54) is 0 Å². The second-order valence-corrected chi connectivity index (χ2v) is 5.54. The molecule has 0 atom stereocenters. The summed E-state index contributed by atoms with van der Waals surface area (Å²) in [5.74, 6) is 1.48.